The summed E-state index contributed by atoms with van der Waals surface area (Å²) < 4.78 is 5.80. The lowest BCUT2D eigenvalue weighted by Crippen LogP contribution is -2.53. The van der Waals surface area contributed by atoms with E-state index in [1.54, 1.807) is 0 Å². The summed E-state index contributed by atoms with van der Waals surface area (Å²) in [5, 5.41) is 14.8. The predicted octanol–water partition coefficient (Wildman–Crippen LogP) is 3.03. The van der Waals surface area contributed by atoms with Gasteiger partial charge in [0.05, 0.1) is 6.61 Å². The number of hydrogen-bond acceptors (Lipinski definition) is 6. The maximum atomic E-state index is 9.10. The van der Waals surface area contributed by atoms with E-state index in [1.807, 2.05) is 0 Å². The molecule has 2 aliphatic rings. The number of rotatable bonds is 6. The molecular weight excluding hydrogens is 434 g/mol. The van der Waals surface area contributed by atoms with Crippen LogP contribution in [0.5, 0.6) is 5.75 Å². The number of piperazine rings is 1. The number of ether oxygens (including phenoxy) is 1. The highest BCUT2D eigenvalue weighted by Gasteiger charge is 2.27. The SMILES string of the molecule is CCOc1ccccc1CN1CCC(N2CCN(c3ccccc3)CC2)CC1.O=C(O)C(=O)O. The minimum Gasteiger partial charge on any atom is -0.494 e. The second-order valence-electron chi connectivity index (χ2n) is 8.52. The zero-order valence-corrected chi connectivity index (χ0v) is 19.8. The van der Waals surface area contributed by atoms with Crippen LogP contribution < -0.4 is 9.64 Å². The zero-order valence-electron chi connectivity index (χ0n) is 19.8. The van der Waals surface area contributed by atoms with E-state index in [1.165, 1.54) is 50.3 Å². The largest absolute Gasteiger partial charge is 0.494 e. The van der Waals surface area contributed by atoms with Gasteiger partial charge in [-0.2, -0.15) is 0 Å². The Morgan fingerprint density at radius 2 is 1.44 bits per heavy atom. The van der Waals surface area contributed by atoms with E-state index >= 15 is 0 Å². The molecule has 2 saturated heterocycles. The summed E-state index contributed by atoms with van der Waals surface area (Å²) in [6, 6.07) is 20.1. The molecule has 34 heavy (non-hydrogen) atoms. The summed E-state index contributed by atoms with van der Waals surface area (Å²) in [5.74, 6) is -2.60. The van der Waals surface area contributed by atoms with E-state index in [-0.39, 0.29) is 0 Å². The average Bonchev–Trinajstić information content (AvgIpc) is 2.87. The summed E-state index contributed by atoms with van der Waals surface area (Å²) in [7, 11) is 0. The Balaban J connectivity index is 0.000000481. The second-order valence-corrected chi connectivity index (χ2v) is 8.52. The van der Waals surface area contributed by atoms with Crippen LogP contribution in [-0.4, -0.2) is 83.9 Å². The van der Waals surface area contributed by atoms with Gasteiger partial charge in [-0.25, -0.2) is 9.59 Å². The van der Waals surface area contributed by atoms with Crippen molar-refractivity contribution < 1.29 is 24.5 Å². The van der Waals surface area contributed by atoms with Crippen LogP contribution in [0.3, 0.4) is 0 Å². The van der Waals surface area contributed by atoms with Gasteiger partial charge in [-0.3, -0.25) is 9.80 Å². The minimum atomic E-state index is -1.82. The standard InChI is InChI=1S/C24H33N3O.C2H2O4/c1-2-28-24-11-7-6-8-21(24)20-25-14-12-23(13-15-25)27-18-16-26(17-19-27)22-9-4-3-5-10-22;3-1(4)2(5)6/h3-11,23H,2,12-20H2,1H3;(H,3,4)(H,5,6). The number of piperidine rings is 1. The van der Waals surface area contributed by atoms with Crippen LogP contribution in [-0.2, 0) is 16.1 Å². The van der Waals surface area contributed by atoms with Crippen molar-refractivity contribution >= 4 is 17.6 Å². The molecule has 0 aliphatic carbocycles. The lowest BCUT2D eigenvalue weighted by molar-refractivity contribution is -0.159. The van der Waals surface area contributed by atoms with Crippen LogP contribution in [0.4, 0.5) is 5.69 Å². The molecule has 2 aliphatic heterocycles. The first kappa shape index (κ1) is 25.5. The highest BCUT2D eigenvalue weighted by Crippen LogP contribution is 2.24. The number of likely N-dealkylation sites (tertiary alicyclic amines) is 1. The van der Waals surface area contributed by atoms with E-state index in [0.717, 1.165) is 38.0 Å². The van der Waals surface area contributed by atoms with Gasteiger partial charge >= 0.3 is 11.9 Å². The third-order valence-corrected chi connectivity index (χ3v) is 6.36. The fraction of sp³-hybridized carbons (Fsp3) is 0.462. The van der Waals surface area contributed by atoms with Gasteiger partial charge in [0.2, 0.25) is 0 Å². The first-order valence-electron chi connectivity index (χ1n) is 11.9. The van der Waals surface area contributed by atoms with Crippen molar-refractivity contribution in [1.82, 2.24) is 9.80 Å². The maximum absolute atomic E-state index is 9.10. The van der Waals surface area contributed by atoms with Crippen LogP contribution >= 0.6 is 0 Å². The Labute approximate surface area is 201 Å². The monoisotopic (exact) mass is 469 g/mol. The summed E-state index contributed by atoms with van der Waals surface area (Å²) in [6.07, 6.45) is 2.56. The number of nitrogens with zero attached hydrogens (tertiary/aromatic N) is 3. The molecule has 2 fully saturated rings. The molecular formula is C26H35N3O5. The maximum Gasteiger partial charge on any atom is 0.414 e. The highest BCUT2D eigenvalue weighted by molar-refractivity contribution is 6.27. The van der Waals surface area contributed by atoms with Gasteiger partial charge in [-0.15, -0.1) is 0 Å². The molecule has 0 amide bonds. The Hall–Kier alpha value is -3.10. The molecule has 8 nitrogen and oxygen atoms in total. The van der Waals surface area contributed by atoms with E-state index in [4.69, 9.17) is 24.5 Å². The minimum absolute atomic E-state index is 0.730. The van der Waals surface area contributed by atoms with Crippen molar-refractivity contribution in [3.8, 4) is 5.75 Å². The predicted molar refractivity (Wildman–Crippen MR) is 131 cm³/mol. The van der Waals surface area contributed by atoms with Crippen molar-refractivity contribution in [3.63, 3.8) is 0 Å². The number of carboxylic acids is 2. The highest BCUT2D eigenvalue weighted by atomic mass is 16.5. The van der Waals surface area contributed by atoms with E-state index < -0.39 is 11.9 Å². The van der Waals surface area contributed by atoms with Gasteiger partial charge in [0.15, 0.2) is 0 Å². The summed E-state index contributed by atoms with van der Waals surface area (Å²) in [4.78, 5) is 26.0. The molecule has 0 bridgehead atoms. The number of benzene rings is 2. The average molecular weight is 470 g/mol. The first-order chi connectivity index (χ1) is 16.5. The van der Waals surface area contributed by atoms with Gasteiger partial charge in [-0.1, -0.05) is 36.4 Å². The molecule has 0 saturated carbocycles. The molecule has 0 spiro atoms. The topological polar surface area (TPSA) is 93.5 Å². The summed E-state index contributed by atoms with van der Waals surface area (Å²) >= 11 is 0. The number of aliphatic carboxylic acids is 2. The number of anilines is 1. The fourth-order valence-corrected chi connectivity index (χ4v) is 4.60. The fourth-order valence-electron chi connectivity index (χ4n) is 4.60. The van der Waals surface area contributed by atoms with Crippen LogP contribution in [0.1, 0.15) is 25.3 Å². The molecule has 0 unspecified atom stereocenters. The van der Waals surface area contributed by atoms with Gasteiger partial charge < -0.3 is 19.8 Å². The number of carboxylic acid groups (broad SMARTS) is 2. The van der Waals surface area contributed by atoms with Crippen molar-refractivity contribution in [2.45, 2.75) is 32.4 Å². The molecule has 0 radical (unpaired) electrons. The smallest absolute Gasteiger partial charge is 0.414 e. The Morgan fingerprint density at radius 1 is 0.853 bits per heavy atom. The van der Waals surface area contributed by atoms with Crippen LogP contribution in [0.25, 0.3) is 0 Å². The molecule has 8 heteroatoms. The van der Waals surface area contributed by atoms with Crippen molar-refractivity contribution in [3.05, 3.63) is 60.2 Å². The number of carbonyl (C=O) groups is 2. The van der Waals surface area contributed by atoms with Crippen molar-refractivity contribution in [2.24, 2.45) is 0 Å². The Morgan fingerprint density at radius 3 is 2.03 bits per heavy atom. The van der Waals surface area contributed by atoms with Gasteiger partial charge in [0.25, 0.3) is 0 Å². The molecule has 0 aromatic heterocycles. The van der Waals surface area contributed by atoms with Gasteiger partial charge in [0, 0.05) is 50.0 Å². The number of para-hydroxylation sites is 2. The van der Waals surface area contributed by atoms with Crippen molar-refractivity contribution in [1.29, 1.82) is 0 Å². The normalized spacial score (nSPS) is 17.5. The lowest BCUT2D eigenvalue weighted by Gasteiger charge is -2.43. The summed E-state index contributed by atoms with van der Waals surface area (Å²) in [5.41, 5.74) is 2.68. The second kappa shape index (κ2) is 13.0. The molecule has 0 atom stereocenters. The first-order valence-corrected chi connectivity index (χ1v) is 11.9. The summed E-state index contributed by atoms with van der Waals surface area (Å²) in [6.45, 7) is 10.8. The molecule has 184 valence electrons. The van der Waals surface area contributed by atoms with E-state index in [9.17, 15) is 0 Å². The van der Waals surface area contributed by atoms with E-state index in [0.29, 0.717) is 0 Å². The van der Waals surface area contributed by atoms with Crippen LogP contribution in [0.2, 0.25) is 0 Å². The Kier molecular flexibility index (Phi) is 9.73. The molecule has 4 rings (SSSR count). The van der Waals surface area contributed by atoms with Crippen LogP contribution in [0.15, 0.2) is 54.6 Å². The van der Waals surface area contributed by atoms with Crippen LogP contribution in [0, 0.1) is 0 Å². The Bertz CT molecular complexity index is 896. The number of hydrogen-bond donors (Lipinski definition) is 2. The third kappa shape index (κ3) is 7.46. The van der Waals surface area contributed by atoms with Crippen molar-refractivity contribution in [2.75, 3.05) is 50.8 Å². The van der Waals surface area contributed by atoms with E-state index in [2.05, 4.69) is 76.2 Å². The molecule has 2 aromatic rings. The molecule has 2 heterocycles. The zero-order chi connectivity index (χ0) is 24.3. The third-order valence-electron chi connectivity index (χ3n) is 6.36. The molecule has 2 N–H and O–H groups in total. The van der Waals surface area contributed by atoms with Gasteiger partial charge in [0.1, 0.15) is 5.75 Å². The lowest BCUT2D eigenvalue weighted by atomic mass is 10.0. The quantitative estimate of drug-likeness (QED) is 0.624. The van der Waals surface area contributed by atoms with Gasteiger partial charge in [-0.05, 0) is 51.1 Å². The molecule has 2 aromatic carbocycles.